The topological polar surface area (TPSA) is 76.4 Å². The first-order valence-electron chi connectivity index (χ1n) is 8.30. The molecule has 3 aromatic rings. The van der Waals surface area contributed by atoms with E-state index in [4.69, 9.17) is 0 Å². The molecular formula is C20H18FNO4S. The minimum absolute atomic E-state index is 0.0683. The number of aryl methyl sites for hydroxylation is 1. The smallest absolute Gasteiger partial charge is 0.331 e. The summed E-state index contributed by atoms with van der Waals surface area (Å²) >= 11 is 0. The maximum absolute atomic E-state index is 13.8. The minimum atomic E-state index is -3.97. The van der Waals surface area contributed by atoms with Gasteiger partial charge in [-0.3, -0.25) is 0 Å². The van der Waals surface area contributed by atoms with Crippen LogP contribution in [0.2, 0.25) is 0 Å². The fourth-order valence-corrected chi connectivity index (χ4v) is 4.21. The Labute approximate surface area is 156 Å². The number of halogens is 1. The van der Waals surface area contributed by atoms with Crippen molar-refractivity contribution in [3.05, 3.63) is 71.2 Å². The highest BCUT2D eigenvalue weighted by molar-refractivity contribution is 7.90. The number of hydrogen-bond acceptors (Lipinski definition) is 3. The highest BCUT2D eigenvalue weighted by Gasteiger charge is 2.21. The summed E-state index contributed by atoms with van der Waals surface area (Å²) in [5, 5.41) is 9.73. The van der Waals surface area contributed by atoms with Crippen molar-refractivity contribution in [2.45, 2.75) is 25.2 Å². The van der Waals surface area contributed by atoms with Crippen molar-refractivity contribution in [2.24, 2.45) is 0 Å². The molecule has 2 aromatic carbocycles. The summed E-state index contributed by atoms with van der Waals surface area (Å²) in [6, 6.07) is 10.1. The van der Waals surface area contributed by atoms with Crippen LogP contribution in [-0.4, -0.2) is 23.5 Å². The largest absolute Gasteiger partial charge is 0.478 e. The molecule has 27 heavy (non-hydrogen) atoms. The van der Waals surface area contributed by atoms with Gasteiger partial charge in [-0.15, -0.1) is 0 Å². The number of aromatic nitrogens is 1. The predicted molar refractivity (Wildman–Crippen MR) is 102 cm³/mol. The maximum Gasteiger partial charge on any atom is 0.331 e. The lowest BCUT2D eigenvalue weighted by Gasteiger charge is -2.08. The van der Waals surface area contributed by atoms with Crippen molar-refractivity contribution < 1.29 is 22.7 Å². The van der Waals surface area contributed by atoms with Gasteiger partial charge in [-0.2, -0.15) is 0 Å². The standard InChI is InChI=1S/C20H18FNO4S/c1-3-14(20(23)24)10-15-12-22(19-11-16(21)6-9-18(15)19)27(25,26)17-7-4-13(2)5-8-17/h4-12H,3H2,1-2H3,(H,23,24)/b14-10+. The number of fused-ring (bicyclic) bond motifs is 1. The zero-order chi connectivity index (χ0) is 19.8. The van der Waals surface area contributed by atoms with Crippen molar-refractivity contribution in [2.75, 3.05) is 0 Å². The maximum atomic E-state index is 13.8. The van der Waals surface area contributed by atoms with Crippen molar-refractivity contribution in [1.82, 2.24) is 3.97 Å². The molecule has 3 rings (SSSR count). The Morgan fingerprint density at radius 2 is 1.85 bits per heavy atom. The van der Waals surface area contributed by atoms with Gasteiger partial charge in [0.25, 0.3) is 10.0 Å². The number of carbonyl (C=O) groups is 1. The zero-order valence-electron chi connectivity index (χ0n) is 14.8. The average molecular weight is 387 g/mol. The normalized spacial score (nSPS) is 12.5. The van der Waals surface area contributed by atoms with E-state index >= 15 is 0 Å². The van der Waals surface area contributed by atoms with Gasteiger partial charge in [0, 0.05) is 22.7 Å². The van der Waals surface area contributed by atoms with Gasteiger partial charge < -0.3 is 5.11 Å². The molecule has 0 bridgehead atoms. The second kappa shape index (κ2) is 7.00. The van der Waals surface area contributed by atoms with Crippen LogP contribution in [0.4, 0.5) is 4.39 Å². The van der Waals surface area contributed by atoms with Gasteiger partial charge in [0.15, 0.2) is 0 Å². The molecule has 0 aliphatic carbocycles. The van der Waals surface area contributed by atoms with E-state index in [0.29, 0.717) is 10.9 Å². The van der Waals surface area contributed by atoms with E-state index in [0.717, 1.165) is 15.6 Å². The Bertz CT molecular complexity index is 1160. The van der Waals surface area contributed by atoms with E-state index in [1.165, 1.54) is 36.5 Å². The number of aliphatic carboxylic acids is 1. The summed E-state index contributed by atoms with van der Waals surface area (Å²) in [6.45, 7) is 3.54. The number of rotatable bonds is 5. The lowest BCUT2D eigenvalue weighted by Crippen LogP contribution is -2.11. The summed E-state index contributed by atoms with van der Waals surface area (Å²) in [7, 11) is -3.97. The molecule has 0 saturated heterocycles. The summed E-state index contributed by atoms with van der Waals surface area (Å²) < 4.78 is 41.0. The van der Waals surface area contributed by atoms with Gasteiger partial charge in [-0.05, 0) is 49.8 Å². The lowest BCUT2D eigenvalue weighted by molar-refractivity contribution is -0.132. The fourth-order valence-electron chi connectivity index (χ4n) is 2.84. The van der Waals surface area contributed by atoms with Crippen LogP contribution < -0.4 is 0 Å². The molecule has 0 atom stereocenters. The highest BCUT2D eigenvalue weighted by atomic mass is 32.2. The van der Waals surface area contributed by atoms with E-state index in [9.17, 15) is 22.7 Å². The molecule has 0 aliphatic rings. The van der Waals surface area contributed by atoms with Crippen molar-refractivity contribution in [1.29, 1.82) is 0 Å². The first-order chi connectivity index (χ1) is 12.7. The van der Waals surface area contributed by atoms with Crippen LogP contribution in [0.1, 0.15) is 24.5 Å². The first-order valence-corrected chi connectivity index (χ1v) is 9.74. The molecule has 0 saturated carbocycles. The van der Waals surface area contributed by atoms with Crippen LogP contribution in [0.5, 0.6) is 0 Å². The molecule has 0 amide bonds. The van der Waals surface area contributed by atoms with Gasteiger partial charge >= 0.3 is 5.97 Å². The van der Waals surface area contributed by atoms with Crippen LogP contribution in [0.3, 0.4) is 0 Å². The molecule has 5 nitrogen and oxygen atoms in total. The molecular weight excluding hydrogens is 369 g/mol. The monoisotopic (exact) mass is 387 g/mol. The minimum Gasteiger partial charge on any atom is -0.478 e. The van der Waals surface area contributed by atoms with E-state index in [-0.39, 0.29) is 22.4 Å². The predicted octanol–water partition coefficient (Wildman–Crippen LogP) is 4.20. The van der Waals surface area contributed by atoms with E-state index in [1.54, 1.807) is 19.1 Å². The van der Waals surface area contributed by atoms with Crippen LogP contribution >= 0.6 is 0 Å². The third-order valence-electron chi connectivity index (χ3n) is 4.33. The second-order valence-electron chi connectivity index (χ2n) is 6.19. The number of benzene rings is 2. The van der Waals surface area contributed by atoms with Gasteiger partial charge in [0.1, 0.15) is 5.82 Å². The molecule has 0 fully saturated rings. The zero-order valence-corrected chi connectivity index (χ0v) is 15.6. The van der Waals surface area contributed by atoms with E-state index < -0.39 is 21.8 Å². The molecule has 0 spiro atoms. The average Bonchev–Trinajstić information content (AvgIpc) is 2.98. The first kappa shape index (κ1) is 18.8. The van der Waals surface area contributed by atoms with E-state index in [2.05, 4.69) is 0 Å². The molecule has 0 radical (unpaired) electrons. The number of carboxylic acid groups (broad SMARTS) is 1. The molecule has 0 aliphatic heterocycles. The Morgan fingerprint density at radius 3 is 2.44 bits per heavy atom. The number of carboxylic acids is 1. The SMILES string of the molecule is CC/C(=C\c1cn(S(=O)(=O)c2ccc(C)cc2)c2cc(F)ccc12)C(=O)O. The summed E-state index contributed by atoms with van der Waals surface area (Å²) in [6.07, 6.45) is 3.02. The lowest BCUT2D eigenvalue weighted by atomic mass is 10.1. The molecule has 140 valence electrons. The van der Waals surface area contributed by atoms with Crippen molar-refractivity contribution in [3.63, 3.8) is 0 Å². The van der Waals surface area contributed by atoms with Crippen molar-refractivity contribution >= 4 is 33.0 Å². The van der Waals surface area contributed by atoms with Crippen molar-refractivity contribution in [3.8, 4) is 0 Å². The summed E-state index contributed by atoms with van der Waals surface area (Å²) in [4.78, 5) is 11.4. The highest BCUT2D eigenvalue weighted by Crippen LogP contribution is 2.29. The summed E-state index contributed by atoms with van der Waals surface area (Å²) in [5.41, 5.74) is 1.60. The molecule has 1 aromatic heterocycles. The summed E-state index contributed by atoms with van der Waals surface area (Å²) in [5.74, 6) is -1.66. The number of hydrogen-bond donors (Lipinski definition) is 1. The van der Waals surface area contributed by atoms with Gasteiger partial charge in [-0.25, -0.2) is 21.6 Å². The van der Waals surface area contributed by atoms with Crippen LogP contribution in [-0.2, 0) is 14.8 Å². The Hall–Kier alpha value is -2.93. The second-order valence-corrected chi connectivity index (χ2v) is 8.00. The molecule has 1 N–H and O–H groups in total. The Kier molecular flexibility index (Phi) is 4.89. The molecule has 1 heterocycles. The van der Waals surface area contributed by atoms with Gasteiger partial charge in [-0.1, -0.05) is 24.6 Å². The van der Waals surface area contributed by atoms with Gasteiger partial charge in [0.2, 0.25) is 0 Å². The van der Waals surface area contributed by atoms with E-state index in [1.807, 2.05) is 6.92 Å². The molecule has 7 heteroatoms. The van der Waals surface area contributed by atoms with Crippen LogP contribution in [0.15, 0.2) is 59.1 Å². The third-order valence-corrected chi connectivity index (χ3v) is 6.02. The van der Waals surface area contributed by atoms with Gasteiger partial charge in [0.05, 0.1) is 10.4 Å². The Morgan fingerprint density at radius 1 is 1.19 bits per heavy atom. The number of nitrogens with zero attached hydrogens (tertiary/aromatic N) is 1. The molecule has 0 unspecified atom stereocenters. The fraction of sp³-hybridized carbons (Fsp3) is 0.150. The Balaban J connectivity index is 2.29. The van der Waals surface area contributed by atoms with Crippen LogP contribution in [0.25, 0.3) is 17.0 Å². The third kappa shape index (κ3) is 3.50. The quantitative estimate of drug-likeness (QED) is 0.666. The van der Waals surface area contributed by atoms with Crippen LogP contribution in [0, 0.1) is 12.7 Å².